The van der Waals surface area contributed by atoms with Gasteiger partial charge < -0.3 is 4.74 Å². The molecule has 3 nitrogen and oxygen atoms in total. The summed E-state index contributed by atoms with van der Waals surface area (Å²) in [5.74, 6) is 0.777. The van der Waals surface area contributed by atoms with Crippen molar-refractivity contribution in [3.05, 3.63) is 11.5 Å². The van der Waals surface area contributed by atoms with Crippen molar-refractivity contribution < 1.29 is 13.2 Å². The molecule has 0 amide bonds. The molecule has 1 atom stereocenters. The highest BCUT2D eigenvalue weighted by atomic mass is 32.2. The van der Waals surface area contributed by atoms with Crippen molar-refractivity contribution >= 4 is 9.84 Å². The summed E-state index contributed by atoms with van der Waals surface area (Å²) in [5.41, 5.74) is 0. The lowest BCUT2D eigenvalue weighted by molar-refractivity contribution is 0.0659. The Hall–Kier alpha value is -0.350. The van der Waals surface area contributed by atoms with Gasteiger partial charge in [0, 0.05) is 5.41 Å². The summed E-state index contributed by atoms with van der Waals surface area (Å²) in [6.45, 7) is 0.727. The van der Waals surface area contributed by atoms with Gasteiger partial charge in [-0.2, -0.15) is 0 Å². The van der Waals surface area contributed by atoms with E-state index in [0.717, 1.165) is 6.61 Å². The van der Waals surface area contributed by atoms with Crippen LogP contribution in [-0.4, -0.2) is 26.9 Å². The largest absolute Gasteiger partial charge is 0.373 e. The van der Waals surface area contributed by atoms with E-state index in [1.54, 1.807) is 6.08 Å². The summed E-state index contributed by atoms with van der Waals surface area (Å²) in [5, 5.41) is 1.28. The summed E-state index contributed by atoms with van der Waals surface area (Å²) in [7, 11) is -2.96. The maximum Gasteiger partial charge on any atom is 0.174 e. The zero-order valence-electron chi connectivity index (χ0n) is 9.60. The van der Waals surface area contributed by atoms with Gasteiger partial charge in [0.15, 0.2) is 9.84 Å². The zero-order chi connectivity index (χ0) is 11.4. The summed E-state index contributed by atoms with van der Waals surface area (Å²) in [6.07, 6.45) is 9.23. The molecule has 92 valence electrons. The van der Waals surface area contributed by atoms with Gasteiger partial charge in [-0.25, -0.2) is 8.42 Å². The fourth-order valence-electron chi connectivity index (χ4n) is 2.44. The van der Waals surface area contributed by atoms with Crippen LogP contribution in [0.25, 0.3) is 0 Å². The van der Waals surface area contributed by atoms with Crippen LogP contribution >= 0.6 is 0 Å². The number of sulfone groups is 1. The third-order valence-electron chi connectivity index (χ3n) is 3.42. The van der Waals surface area contributed by atoms with Crippen molar-refractivity contribution in [3.63, 3.8) is 0 Å². The quantitative estimate of drug-likeness (QED) is 0.715. The molecule has 0 aromatic rings. The van der Waals surface area contributed by atoms with E-state index in [9.17, 15) is 8.42 Å². The van der Waals surface area contributed by atoms with Crippen molar-refractivity contribution in [2.24, 2.45) is 5.92 Å². The Labute approximate surface area is 97.8 Å². The van der Waals surface area contributed by atoms with Crippen LogP contribution in [0.15, 0.2) is 11.5 Å². The SMILES string of the molecule is O=S1(=O)C=CC(OCC2CCCCCC2)C1. The summed E-state index contributed by atoms with van der Waals surface area (Å²) >= 11 is 0. The number of ether oxygens (including phenoxy) is 1. The Balaban J connectivity index is 1.73. The maximum absolute atomic E-state index is 11.2. The van der Waals surface area contributed by atoms with Crippen molar-refractivity contribution in [1.82, 2.24) is 0 Å². The molecule has 2 rings (SSSR count). The van der Waals surface area contributed by atoms with E-state index in [4.69, 9.17) is 4.74 Å². The Morgan fingerprint density at radius 3 is 2.38 bits per heavy atom. The zero-order valence-corrected chi connectivity index (χ0v) is 10.4. The third kappa shape index (κ3) is 3.59. The van der Waals surface area contributed by atoms with Crippen molar-refractivity contribution in [3.8, 4) is 0 Å². The second-order valence-corrected chi connectivity index (χ2v) is 6.82. The molecular weight excluding hydrogens is 224 g/mol. The predicted molar refractivity (Wildman–Crippen MR) is 63.9 cm³/mol. The first kappa shape index (κ1) is 12.1. The van der Waals surface area contributed by atoms with Crippen LogP contribution in [0.5, 0.6) is 0 Å². The molecule has 16 heavy (non-hydrogen) atoms. The normalized spacial score (nSPS) is 30.4. The molecule has 2 aliphatic rings. The van der Waals surface area contributed by atoms with Crippen LogP contribution in [0.4, 0.5) is 0 Å². The lowest BCUT2D eigenvalue weighted by Gasteiger charge is -2.16. The van der Waals surface area contributed by atoms with Crippen molar-refractivity contribution in [2.45, 2.75) is 44.6 Å². The fourth-order valence-corrected chi connectivity index (χ4v) is 3.63. The van der Waals surface area contributed by atoms with Gasteiger partial charge in [0.05, 0.1) is 18.5 Å². The molecule has 0 aromatic heterocycles. The summed E-state index contributed by atoms with van der Waals surface area (Å²) in [6, 6.07) is 0. The first-order valence-electron chi connectivity index (χ1n) is 6.18. The molecule has 1 aliphatic carbocycles. The number of rotatable bonds is 3. The molecule has 1 aliphatic heterocycles. The third-order valence-corrected chi connectivity index (χ3v) is 4.78. The van der Waals surface area contributed by atoms with Crippen LogP contribution in [0.3, 0.4) is 0 Å². The number of hydrogen-bond donors (Lipinski definition) is 0. The molecule has 1 unspecified atom stereocenters. The van der Waals surface area contributed by atoms with Crippen molar-refractivity contribution in [1.29, 1.82) is 0 Å². The van der Waals surface area contributed by atoms with E-state index in [2.05, 4.69) is 0 Å². The highest BCUT2D eigenvalue weighted by molar-refractivity contribution is 7.94. The molecule has 1 fully saturated rings. The van der Waals surface area contributed by atoms with Gasteiger partial charge in [-0.05, 0) is 24.8 Å². The first-order valence-corrected chi connectivity index (χ1v) is 7.90. The van der Waals surface area contributed by atoms with Gasteiger partial charge in [0.25, 0.3) is 0 Å². The summed E-state index contributed by atoms with van der Waals surface area (Å²) in [4.78, 5) is 0. The van der Waals surface area contributed by atoms with Crippen LogP contribution in [0.1, 0.15) is 38.5 Å². The van der Waals surface area contributed by atoms with E-state index in [-0.39, 0.29) is 11.9 Å². The summed E-state index contributed by atoms with van der Waals surface area (Å²) < 4.78 is 28.0. The molecule has 0 saturated heterocycles. The van der Waals surface area contributed by atoms with E-state index in [1.807, 2.05) is 0 Å². The minimum atomic E-state index is -2.96. The lowest BCUT2D eigenvalue weighted by atomic mass is 10.0. The topological polar surface area (TPSA) is 43.4 Å². The van der Waals surface area contributed by atoms with Gasteiger partial charge in [-0.3, -0.25) is 0 Å². The highest BCUT2D eigenvalue weighted by Crippen LogP contribution is 2.24. The molecule has 1 saturated carbocycles. The van der Waals surface area contributed by atoms with Crippen molar-refractivity contribution in [2.75, 3.05) is 12.4 Å². The van der Waals surface area contributed by atoms with Crippen LogP contribution in [-0.2, 0) is 14.6 Å². The molecule has 0 aromatic carbocycles. The van der Waals surface area contributed by atoms with Gasteiger partial charge in [-0.1, -0.05) is 25.7 Å². The maximum atomic E-state index is 11.2. The van der Waals surface area contributed by atoms with E-state index in [0.29, 0.717) is 5.92 Å². The molecular formula is C12H20O3S. The second-order valence-electron chi connectivity index (χ2n) is 4.89. The number of hydrogen-bond acceptors (Lipinski definition) is 3. The molecule has 0 bridgehead atoms. The van der Waals surface area contributed by atoms with Gasteiger partial charge in [0.1, 0.15) is 0 Å². The van der Waals surface area contributed by atoms with Gasteiger partial charge in [-0.15, -0.1) is 0 Å². The average molecular weight is 244 g/mol. The van der Waals surface area contributed by atoms with Crippen LogP contribution in [0, 0.1) is 5.92 Å². The minimum absolute atomic E-state index is 0.139. The van der Waals surface area contributed by atoms with Gasteiger partial charge in [0.2, 0.25) is 0 Å². The fraction of sp³-hybridized carbons (Fsp3) is 0.833. The van der Waals surface area contributed by atoms with Crippen LogP contribution in [0.2, 0.25) is 0 Å². The standard InChI is InChI=1S/C12H20O3S/c13-16(14)8-7-12(10-16)15-9-11-5-3-1-2-4-6-11/h7-8,11-12H,1-6,9-10H2. The van der Waals surface area contributed by atoms with Crippen LogP contribution < -0.4 is 0 Å². The highest BCUT2D eigenvalue weighted by Gasteiger charge is 2.23. The second kappa shape index (κ2) is 5.32. The van der Waals surface area contributed by atoms with Gasteiger partial charge >= 0.3 is 0 Å². The predicted octanol–water partition coefficient (Wildman–Crippen LogP) is 2.28. The Morgan fingerprint density at radius 1 is 1.12 bits per heavy atom. The molecule has 0 N–H and O–H groups in total. The van der Waals surface area contributed by atoms with E-state index in [1.165, 1.54) is 43.9 Å². The molecule has 1 heterocycles. The molecule has 0 radical (unpaired) electrons. The molecule has 4 heteroatoms. The van der Waals surface area contributed by atoms with E-state index >= 15 is 0 Å². The van der Waals surface area contributed by atoms with E-state index < -0.39 is 9.84 Å². The Morgan fingerprint density at radius 2 is 1.81 bits per heavy atom. The molecule has 0 spiro atoms. The lowest BCUT2D eigenvalue weighted by Crippen LogP contribution is -2.19. The Kier molecular flexibility index (Phi) is 4.03. The smallest absolute Gasteiger partial charge is 0.174 e. The minimum Gasteiger partial charge on any atom is -0.373 e. The Bertz CT molecular complexity index is 337. The monoisotopic (exact) mass is 244 g/mol. The first-order chi connectivity index (χ1) is 7.66. The average Bonchev–Trinajstić information content (AvgIpc) is 2.47.